The molecule has 2 rings (SSSR count). The van der Waals surface area contributed by atoms with Crippen molar-refractivity contribution in [1.29, 1.82) is 0 Å². The Labute approximate surface area is 111 Å². The zero-order valence-corrected chi connectivity index (χ0v) is 11.7. The molecule has 0 atom stereocenters. The predicted octanol–water partition coefficient (Wildman–Crippen LogP) is 3.47. The van der Waals surface area contributed by atoms with Crippen LogP contribution >= 0.6 is 15.9 Å². The van der Waals surface area contributed by atoms with Gasteiger partial charge in [0.1, 0.15) is 0 Å². The molecule has 5 nitrogen and oxygen atoms in total. The number of carboxylic acids is 1. The number of rotatable bonds is 2. The summed E-state index contributed by atoms with van der Waals surface area (Å²) >= 11 is 3.24. The zero-order valence-electron chi connectivity index (χ0n) is 10.1. The van der Waals surface area contributed by atoms with Crippen molar-refractivity contribution < 1.29 is 18.7 Å². The number of carboxylic acid groups (broad SMARTS) is 1. The lowest BCUT2D eigenvalue weighted by molar-refractivity contribution is 0.0665. The van der Waals surface area contributed by atoms with E-state index in [4.69, 9.17) is 9.52 Å². The normalized spacial score (nSPS) is 10.2. The molecule has 0 amide bonds. The summed E-state index contributed by atoms with van der Waals surface area (Å²) in [5, 5.41) is 9.20. The van der Waals surface area contributed by atoms with Gasteiger partial charge in [-0.3, -0.25) is 0 Å². The van der Waals surface area contributed by atoms with Gasteiger partial charge in [0.2, 0.25) is 5.76 Å². The highest BCUT2D eigenvalue weighted by atomic mass is 79.9. The number of fused-ring (bicyclic) bond motifs is 1. The van der Waals surface area contributed by atoms with Crippen LogP contribution in [0.1, 0.15) is 10.6 Å². The van der Waals surface area contributed by atoms with Crippen LogP contribution in [0, 0.1) is 5.82 Å². The first-order valence-corrected chi connectivity index (χ1v) is 5.53. The van der Waals surface area contributed by atoms with Crippen LogP contribution in [-0.4, -0.2) is 25.2 Å². The van der Waals surface area contributed by atoms with E-state index < -0.39 is 11.8 Å². The molecule has 0 aliphatic rings. The molecule has 0 fully saturated rings. The monoisotopic (exact) mass is 319 g/mol. The van der Waals surface area contributed by atoms with Crippen LogP contribution in [0.4, 0.5) is 10.1 Å². The van der Waals surface area contributed by atoms with Crippen molar-refractivity contribution in [3.63, 3.8) is 0 Å². The van der Waals surface area contributed by atoms with Gasteiger partial charge in [0.15, 0.2) is 11.4 Å². The molecule has 0 bridgehead atoms. The lowest BCUT2D eigenvalue weighted by Crippen LogP contribution is -2.11. The van der Waals surface area contributed by atoms with Gasteiger partial charge in [0.25, 0.3) is 0 Å². The lowest BCUT2D eigenvalue weighted by Gasteiger charge is -2.15. The molecule has 0 unspecified atom stereocenters. The van der Waals surface area contributed by atoms with E-state index in [2.05, 4.69) is 15.9 Å². The van der Waals surface area contributed by atoms with Crippen LogP contribution in [0.2, 0.25) is 0 Å². The molecule has 0 aliphatic heterocycles. The Morgan fingerprint density at radius 3 is 2.56 bits per heavy atom. The Morgan fingerprint density at radius 2 is 2.06 bits per heavy atom. The number of halogens is 2. The first kappa shape index (κ1) is 14.5. The molecule has 5 N–H and O–H groups in total. The third-order valence-corrected chi connectivity index (χ3v) is 2.94. The highest BCUT2D eigenvalue weighted by Crippen LogP contribution is 2.35. The standard InChI is InChI=1S/C11H9BrFNO3.H3N/c1-14(2)9-6(12)3-5-4-7(11(15)16)17-10(5)8(9)13;/h3-4H,1-2H3,(H,15,16);1H3/p+1. The number of nitrogens with zero attached hydrogens (tertiary/aromatic N) is 1. The predicted molar refractivity (Wildman–Crippen MR) is 71.1 cm³/mol. The molecule has 0 saturated carbocycles. The van der Waals surface area contributed by atoms with Crippen LogP contribution in [0.5, 0.6) is 0 Å². The number of aromatic carboxylic acids is 1. The molecule has 0 saturated heterocycles. The summed E-state index contributed by atoms with van der Waals surface area (Å²) in [6.45, 7) is 0. The average Bonchev–Trinajstić information content (AvgIpc) is 2.60. The summed E-state index contributed by atoms with van der Waals surface area (Å²) in [5.41, 5.74) is 0.276. The topological polar surface area (TPSA) is 90.2 Å². The summed E-state index contributed by atoms with van der Waals surface area (Å²) < 4.78 is 19.6. The van der Waals surface area contributed by atoms with Crippen molar-refractivity contribution in [2.24, 2.45) is 0 Å². The maximum Gasteiger partial charge on any atom is 0.371 e. The van der Waals surface area contributed by atoms with Crippen molar-refractivity contribution in [1.82, 2.24) is 6.15 Å². The minimum atomic E-state index is -1.22. The van der Waals surface area contributed by atoms with E-state index in [1.54, 1.807) is 25.1 Å². The Hall–Kier alpha value is -1.60. The fourth-order valence-electron chi connectivity index (χ4n) is 1.62. The number of benzene rings is 1. The minimum absolute atomic E-state index is 0. The van der Waals surface area contributed by atoms with Crippen LogP contribution in [-0.2, 0) is 0 Å². The van der Waals surface area contributed by atoms with E-state index in [0.29, 0.717) is 15.5 Å². The summed E-state index contributed by atoms with van der Waals surface area (Å²) in [6, 6.07) is 2.93. The zero-order chi connectivity index (χ0) is 12.7. The molecule has 1 aromatic carbocycles. The third-order valence-electron chi connectivity index (χ3n) is 2.33. The molecule has 0 radical (unpaired) electrons. The summed E-state index contributed by atoms with van der Waals surface area (Å²) in [7, 11) is 3.38. The third kappa shape index (κ3) is 2.19. The molecule has 2 aromatic rings. The molecule has 1 aromatic heterocycles. The van der Waals surface area contributed by atoms with Crippen molar-refractivity contribution in [3.05, 3.63) is 28.2 Å². The fraction of sp³-hybridized carbons (Fsp3) is 0.182. The molecular formula is C11H13BrFN2O3+. The summed E-state index contributed by atoms with van der Waals surface area (Å²) in [5.74, 6) is -2.07. The second kappa shape index (κ2) is 4.95. The smallest absolute Gasteiger partial charge is 0.371 e. The largest absolute Gasteiger partial charge is 0.475 e. The Kier molecular flexibility index (Phi) is 3.98. The lowest BCUT2D eigenvalue weighted by atomic mass is 10.2. The molecule has 0 spiro atoms. The van der Waals surface area contributed by atoms with E-state index in [9.17, 15) is 9.18 Å². The average molecular weight is 320 g/mol. The molecule has 7 heteroatoms. The van der Waals surface area contributed by atoms with Gasteiger partial charge in [0.05, 0.1) is 5.69 Å². The van der Waals surface area contributed by atoms with E-state index in [-0.39, 0.29) is 17.5 Å². The van der Waals surface area contributed by atoms with Gasteiger partial charge in [0, 0.05) is 24.0 Å². The molecule has 18 heavy (non-hydrogen) atoms. The van der Waals surface area contributed by atoms with E-state index in [1.807, 2.05) is 0 Å². The van der Waals surface area contributed by atoms with Crippen molar-refractivity contribution in [2.45, 2.75) is 0 Å². The first-order valence-electron chi connectivity index (χ1n) is 4.74. The van der Waals surface area contributed by atoms with Gasteiger partial charge >= 0.3 is 5.97 Å². The quantitative estimate of drug-likeness (QED) is 0.886. The second-order valence-corrected chi connectivity index (χ2v) is 4.60. The minimum Gasteiger partial charge on any atom is -0.475 e. The molecular weight excluding hydrogens is 307 g/mol. The SMILES string of the molecule is CN(C)c1c(Br)cc2cc(C(=O)O)oc2c1F.[NH4+]. The summed E-state index contributed by atoms with van der Waals surface area (Å²) in [4.78, 5) is 12.3. The van der Waals surface area contributed by atoms with Crippen LogP contribution in [0.3, 0.4) is 0 Å². The van der Waals surface area contributed by atoms with Gasteiger partial charge in [-0.05, 0) is 28.1 Å². The molecule has 1 heterocycles. The van der Waals surface area contributed by atoms with Crippen LogP contribution < -0.4 is 11.1 Å². The van der Waals surface area contributed by atoms with Crippen LogP contribution in [0.15, 0.2) is 21.0 Å². The van der Waals surface area contributed by atoms with E-state index >= 15 is 0 Å². The van der Waals surface area contributed by atoms with Crippen LogP contribution in [0.25, 0.3) is 11.0 Å². The first-order chi connectivity index (χ1) is 7.91. The fourth-order valence-corrected chi connectivity index (χ4v) is 2.39. The van der Waals surface area contributed by atoms with Gasteiger partial charge in [-0.1, -0.05) is 0 Å². The highest BCUT2D eigenvalue weighted by Gasteiger charge is 2.19. The molecule has 0 aliphatic carbocycles. The summed E-state index contributed by atoms with van der Waals surface area (Å²) in [6.07, 6.45) is 0. The number of hydrogen-bond acceptors (Lipinski definition) is 3. The second-order valence-electron chi connectivity index (χ2n) is 3.75. The highest BCUT2D eigenvalue weighted by molar-refractivity contribution is 9.10. The van der Waals surface area contributed by atoms with E-state index in [0.717, 1.165) is 0 Å². The van der Waals surface area contributed by atoms with Crippen molar-refractivity contribution >= 4 is 38.6 Å². The maximum atomic E-state index is 14.1. The van der Waals surface area contributed by atoms with Gasteiger partial charge < -0.3 is 20.6 Å². The Morgan fingerprint density at radius 1 is 1.44 bits per heavy atom. The Balaban J connectivity index is 0.00000162. The maximum absolute atomic E-state index is 14.1. The van der Waals surface area contributed by atoms with Gasteiger partial charge in [-0.2, -0.15) is 0 Å². The Bertz CT molecular complexity index is 610. The van der Waals surface area contributed by atoms with Gasteiger partial charge in [-0.25, -0.2) is 9.18 Å². The number of anilines is 1. The number of hydrogen-bond donors (Lipinski definition) is 2. The van der Waals surface area contributed by atoms with Gasteiger partial charge in [-0.15, -0.1) is 0 Å². The van der Waals surface area contributed by atoms with Crippen molar-refractivity contribution in [3.8, 4) is 0 Å². The van der Waals surface area contributed by atoms with Crippen molar-refractivity contribution in [2.75, 3.05) is 19.0 Å². The molecule has 98 valence electrons. The number of quaternary nitrogens is 1. The number of furan rings is 1. The van der Waals surface area contributed by atoms with E-state index in [1.165, 1.54) is 6.07 Å². The number of carbonyl (C=O) groups is 1.